The normalized spacial score (nSPS) is 13.3. The molecule has 19 heavy (non-hydrogen) atoms. The van der Waals surface area contributed by atoms with Gasteiger partial charge in [-0.3, -0.25) is 0 Å². The van der Waals surface area contributed by atoms with Crippen LogP contribution in [0.3, 0.4) is 0 Å². The number of primary sulfonamides is 1. The van der Waals surface area contributed by atoms with Crippen molar-refractivity contribution >= 4 is 10.0 Å². The second-order valence-corrected chi connectivity index (χ2v) is 6.18. The van der Waals surface area contributed by atoms with Crippen molar-refractivity contribution in [2.45, 2.75) is 19.8 Å². The Kier molecular flexibility index (Phi) is 5.68. The zero-order chi connectivity index (χ0) is 14.5. The van der Waals surface area contributed by atoms with Crippen LogP contribution >= 0.6 is 0 Å². The molecule has 1 aromatic carbocycles. The number of hydrogen-bond acceptors (Lipinski definition) is 3. The first kappa shape index (κ1) is 15.8. The van der Waals surface area contributed by atoms with Crippen molar-refractivity contribution in [2.75, 3.05) is 12.4 Å². The summed E-state index contributed by atoms with van der Waals surface area (Å²) in [6, 6.07) is 3.48. The van der Waals surface area contributed by atoms with E-state index in [1.807, 2.05) is 6.92 Å². The Hall–Kier alpha value is -1.21. The quantitative estimate of drug-likeness (QED) is 0.836. The van der Waals surface area contributed by atoms with Crippen LogP contribution in [-0.2, 0) is 10.0 Å². The Balaban J connectivity index is 2.38. The number of nitrogens with two attached hydrogens (primary N) is 1. The molecule has 0 radical (unpaired) electrons. The van der Waals surface area contributed by atoms with Gasteiger partial charge in [-0.05, 0) is 30.9 Å². The number of rotatable bonds is 7. The number of benzene rings is 1. The highest BCUT2D eigenvalue weighted by atomic mass is 32.2. The van der Waals surface area contributed by atoms with Crippen LogP contribution in [0, 0.1) is 17.6 Å². The summed E-state index contributed by atoms with van der Waals surface area (Å²) in [6.45, 7) is 1.94. The van der Waals surface area contributed by atoms with Gasteiger partial charge in [-0.1, -0.05) is 13.0 Å². The summed E-state index contributed by atoms with van der Waals surface area (Å²) in [5.74, 6) is -1.98. The fourth-order valence-electron chi connectivity index (χ4n) is 1.49. The Morgan fingerprint density at radius 3 is 2.37 bits per heavy atom. The van der Waals surface area contributed by atoms with Crippen LogP contribution in [0.4, 0.5) is 8.78 Å². The minimum absolute atomic E-state index is 0.0353. The third kappa shape index (κ3) is 5.98. The highest BCUT2D eigenvalue weighted by Crippen LogP contribution is 2.21. The molecule has 1 aromatic rings. The van der Waals surface area contributed by atoms with Gasteiger partial charge in [0.2, 0.25) is 10.0 Å². The summed E-state index contributed by atoms with van der Waals surface area (Å²) in [5.41, 5.74) is 0. The number of ether oxygens (including phenoxy) is 1. The van der Waals surface area contributed by atoms with Gasteiger partial charge in [0, 0.05) is 0 Å². The molecule has 0 saturated carbocycles. The molecule has 0 fully saturated rings. The standard InChI is InChI=1S/C12H17F2NO3S/c1-9(6-8-19(15,16)17)5-7-18-12-10(13)3-2-4-11(12)14/h2-4,9H,5-8H2,1H3,(H2,15,16,17). The fraction of sp³-hybridized carbons (Fsp3) is 0.500. The van der Waals surface area contributed by atoms with Crippen molar-refractivity contribution in [1.29, 1.82) is 0 Å². The minimum atomic E-state index is -3.47. The van der Waals surface area contributed by atoms with Crippen molar-refractivity contribution in [3.05, 3.63) is 29.8 Å². The van der Waals surface area contributed by atoms with Crippen molar-refractivity contribution < 1.29 is 21.9 Å². The van der Waals surface area contributed by atoms with Crippen molar-refractivity contribution in [3.63, 3.8) is 0 Å². The Labute approximate surface area is 111 Å². The fourth-order valence-corrected chi connectivity index (χ4v) is 2.22. The molecule has 2 N–H and O–H groups in total. The van der Waals surface area contributed by atoms with Crippen LogP contribution in [0.2, 0.25) is 0 Å². The summed E-state index contributed by atoms with van der Waals surface area (Å²) < 4.78 is 53.0. The molecule has 0 aromatic heterocycles. The van der Waals surface area contributed by atoms with Gasteiger partial charge in [0.25, 0.3) is 0 Å². The van der Waals surface area contributed by atoms with Gasteiger partial charge in [-0.15, -0.1) is 0 Å². The van der Waals surface area contributed by atoms with Crippen LogP contribution in [0.15, 0.2) is 18.2 Å². The van der Waals surface area contributed by atoms with Gasteiger partial charge in [0.1, 0.15) is 0 Å². The van der Waals surface area contributed by atoms with E-state index >= 15 is 0 Å². The van der Waals surface area contributed by atoms with Crippen LogP contribution in [0.1, 0.15) is 19.8 Å². The van der Waals surface area contributed by atoms with E-state index in [2.05, 4.69) is 0 Å². The molecule has 108 valence electrons. The highest BCUT2D eigenvalue weighted by molar-refractivity contribution is 7.89. The van der Waals surface area contributed by atoms with Gasteiger partial charge in [-0.25, -0.2) is 22.3 Å². The molecular weight excluding hydrogens is 276 g/mol. The van der Waals surface area contributed by atoms with Crippen LogP contribution in [-0.4, -0.2) is 20.8 Å². The number of halogens is 2. The third-order valence-corrected chi connectivity index (χ3v) is 3.48. The van der Waals surface area contributed by atoms with E-state index in [1.165, 1.54) is 6.07 Å². The summed E-state index contributed by atoms with van der Waals surface area (Å²) in [5, 5.41) is 4.88. The van der Waals surface area contributed by atoms with Gasteiger partial charge >= 0.3 is 0 Å². The summed E-state index contributed by atoms with van der Waals surface area (Å²) in [6.07, 6.45) is 0.880. The Morgan fingerprint density at radius 1 is 1.26 bits per heavy atom. The van der Waals surface area contributed by atoms with E-state index in [9.17, 15) is 17.2 Å². The average Bonchev–Trinajstić information content (AvgIpc) is 2.29. The number of hydrogen-bond donors (Lipinski definition) is 1. The van der Waals surface area contributed by atoms with E-state index in [-0.39, 0.29) is 18.3 Å². The SMILES string of the molecule is CC(CCOc1c(F)cccc1F)CCS(N)(=O)=O. The molecule has 1 rings (SSSR count). The summed E-state index contributed by atoms with van der Waals surface area (Å²) >= 11 is 0. The highest BCUT2D eigenvalue weighted by Gasteiger charge is 2.11. The van der Waals surface area contributed by atoms with Crippen LogP contribution < -0.4 is 9.88 Å². The van der Waals surface area contributed by atoms with Crippen molar-refractivity contribution in [1.82, 2.24) is 0 Å². The topological polar surface area (TPSA) is 69.4 Å². The molecular formula is C12H17F2NO3S. The molecule has 0 spiro atoms. The summed E-state index contributed by atoms with van der Waals surface area (Å²) in [4.78, 5) is 0. The Bertz CT molecular complexity index is 499. The molecule has 0 saturated heterocycles. The zero-order valence-electron chi connectivity index (χ0n) is 10.6. The first-order chi connectivity index (χ1) is 8.79. The molecule has 1 atom stereocenters. The second-order valence-electron chi connectivity index (χ2n) is 4.45. The smallest absolute Gasteiger partial charge is 0.209 e. The maximum atomic E-state index is 13.2. The zero-order valence-corrected chi connectivity index (χ0v) is 11.4. The third-order valence-electron chi connectivity index (χ3n) is 2.67. The largest absolute Gasteiger partial charge is 0.488 e. The lowest BCUT2D eigenvalue weighted by atomic mass is 10.1. The molecule has 1 unspecified atom stereocenters. The maximum Gasteiger partial charge on any atom is 0.209 e. The molecule has 0 aliphatic heterocycles. The second kappa shape index (κ2) is 6.81. The number of sulfonamides is 1. The molecule has 0 bridgehead atoms. The molecule has 0 heterocycles. The first-order valence-electron chi connectivity index (χ1n) is 5.87. The minimum Gasteiger partial charge on any atom is -0.488 e. The van der Waals surface area contributed by atoms with E-state index in [4.69, 9.17) is 9.88 Å². The average molecular weight is 293 g/mol. The van der Waals surface area contributed by atoms with Gasteiger partial charge < -0.3 is 4.74 Å². The molecule has 7 heteroatoms. The maximum absolute atomic E-state index is 13.2. The molecule has 4 nitrogen and oxygen atoms in total. The van der Waals surface area contributed by atoms with Gasteiger partial charge in [-0.2, -0.15) is 0 Å². The Morgan fingerprint density at radius 2 is 1.84 bits per heavy atom. The van der Waals surface area contributed by atoms with Crippen molar-refractivity contribution in [2.24, 2.45) is 11.1 Å². The molecule has 0 amide bonds. The summed E-state index contributed by atoms with van der Waals surface area (Å²) in [7, 11) is -3.47. The van der Waals surface area contributed by atoms with Crippen LogP contribution in [0.5, 0.6) is 5.75 Å². The van der Waals surface area contributed by atoms with E-state index < -0.39 is 27.4 Å². The number of para-hydroxylation sites is 1. The van der Waals surface area contributed by atoms with E-state index in [1.54, 1.807) is 0 Å². The predicted octanol–water partition coefficient (Wildman–Crippen LogP) is 2.05. The van der Waals surface area contributed by atoms with Gasteiger partial charge in [0.15, 0.2) is 17.4 Å². The lowest BCUT2D eigenvalue weighted by Gasteiger charge is -2.12. The van der Waals surface area contributed by atoms with E-state index in [0.717, 1.165) is 12.1 Å². The van der Waals surface area contributed by atoms with Gasteiger partial charge in [0.05, 0.1) is 12.4 Å². The molecule has 0 aliphatic carbocycles. The van der Waals surface area contributed by atoms with Crippen LogP contribution in [0.25, 0.3) is 0 Å². The van der Waals surface area contributed by atoms with Crippen molar-refractivity contribution in [3.8, 4) is 5.75 Å². The lowest BCUT2D eigenvalue weighted by Crippen LogP contribution is -2.19. The monoisotopic (exact) mass is 293 g/mol. The van der Waals surface area contributed by atoms with E-state index in [0.29, 0.717) is 12.8 Å². The molecule has 0 aliphatic rings. The first-order valence-corrected chi connectivity index (χ1v) is 7.58. The predicted molar refractivity (Wildman–Crippen MR) is 68.2 cm³/mol. The lowest BCUT2D eigenvalue weighted by molar-refractivity contribution is 0.257.